The molecule has 0 radical (unpaired) electrons. The molecule has 2 bridgehead atoms. The lowest BCUT2D eigenvalue weighted by atomic mass is 9.59. The third kappa shape index (κ3) is 3.67. The maximum atomic E-state index is 12.8. The van der Waals surface area contributed by atoms with Gasteiger partial charge in [-0.2, -0.15) is 0 Å². The average molecular weight is 487 g/mol. The molecule has 172 valence electrons. The molecule has 34 heavy (non-hydrogen) atoms. The van der Waals surface area contributed by atoms with E-state index < -0.39 is 0 Å². The molecule has 2 heterocycles. The van der Waals surface area contributed by atoms with Crippen LogP contribution >= 0.6 is 23.1 Å². The van der Waals surface area contributed by atoms with E-state index in [1.54, 1.807) is 11.3 Å². The summed E-state index contributed by atoms with van der Waals surface area (Å²) in [5, 5.41) is 14.8. The Bertz CT molecular complexity index is 1280. The number of nitrogens with zero attached hydrogens (tertiary/aromatic N) is 3. The predicted octanol–water partition coefficient (Wildman–Crippen LogP) is 5.53. The zero-order chi connectivity index (χ0) is 23.1. The summed E-state index contributed by atoms with van der Waals surface area (Å²) in [6, 6.07) is 21.8. The average Bonchev–Trinajstić information content (AvgIpc) is 3.56. The molecule has 4 aromatic rings. The van der Waals surface area contributed by atoms with Crippen LogP contribution in [0.5, 0.6) is 0 Å². The summed E-state index contributed by atoms with van der Waals surface area (Å²) in [5.41, 5.74) is 5.79. The number of fused-ring (bicyclic) bond motifs is 1. The van der Waals surface area contributed by atoms with Crippen LogP contribution in [0.3, 0.4) is 0 Å². The second kappa shape index (κ2) is 9.04. The van der Waals surface area contributed by atoms with E-state index in [4.69, 9.17) is 0 Å². The van der Waals surface area contributed by atoms with Crippen molar-refractivity contribution < 1.29 is 4.79 Å². The fourth-order valence-electron chi connectivity index (χ4n) is 5.65. The fraction of sp³-hybridized carbons (Fsp3) is 0.296. The molecule has 2 aromatic carbocycles. The van der Waals surface area contributed by atoms with Crippen LogP contribution in [0.1, 0.15) is 47.4 Å². The molecule has 1 unspecified atom stereocenters. The smallest absolute Gasteiger partial charge is 0.230 e. The number of carbonyl (C=O) groups is 1. The Labute approximate surface area is 207 Å². The van der Waals surface area contributed by atoms with Gasteiger partial charge < -0.3 is 9.88 Å². The number of hydrogen-bond acceptors (Lipinski definition) is 5. The van der Waals surface area contributed by atoms with Gasteiger partial charge in [0.1, 0.15) is 0 Å². The minimum atomic E-state index is 0.0522. The maximum Gasteiger partial charge on any atom is 0.230 e. The topological polar surface area (TPSA) is 59.8 Å². The summed E-state index contributed by atoms with van der Waals surface area (Å²) in [5.74, 6) is 2.45. The Morgan fingerprint density at radius 2 is 1.74 bits per heavy atom. The first-order chi connectivity index (χ1) is 16.7. The number of thiophene rings is 1. The van der Waals surface area contributed by atoms with Gasteiger partial charge in [0.05, 0.1) is 10.6 Å². The molecule has 7 rings (SSSR count). The molecule has 0 spiro atoms. The normalized spacial score (nSPS) is 20.1. The molecular formula is C27H26N4OS2. The highest BCUT2D eigenvalue weighted by molar-refractivity contribution is 7.99. The summed E-state index contributed by atoms with van der Waals surface area (Å²) in [4.78, 5) is 13.9. The van der Waals surface area contributed by atoms with Crippen LogP contribution < -0.4 is 5.32 Å². The lowest BCUT2D eigenvalue weighted by Crippen LogP contribution is -2.39. The van der Waals surface area contributed by atoms with E-state index in [-0.39, 0.29) is 5.91 Å². The van der Waals surface area contributed by atoms with Crippen molar-refractivity contribution in [2.24, 2.45) is 5.92 Å². The molecule has 1 atom stereocenters. The second-order valence-electron chi connectivity index (χ2n) is 8.90. The summed E-state index contributed by atoms with van der Waals surface area (Å²) in [6.07, 6.45) is 1.08. The van der Waals surface area contributed by atoms with Gasteiger partial charge in [-0.15, -0.1) is 21.5 Å². The highest BCUT2D eigenvalue weighted by Gasteiger charge is 2.42. The maximum absolute atomic E-state index is 12.8. The zero-order valence-corrected chi connectivity index (χ0v) is 20.6. The monoisotopic (exact) mass is 486 g/mol. The van der Waals surface area contributed by atoms with Crippen LogP contribution in [-0.2, 0) is 11.3 Å². The van der Waals surface area contributed by atoms with E-state index in [0.29, 0.717) is 30.1 Å². The van der Waals surface area contributed by atoms with Crippen LogP contribution in [0.4, 0.5) is 0 Å². The van der Waals surface area contributed by atoms with Crippen molar-refractivity contribution in [2.75, 3.05) is 12.3 Å². The lowest BCUT2D eigenvalue weighted by Gasteiger charge is -2.45. The van der Waals surface area contributed by atoms with E-state index >= 15 is 0 Å². The molecule has 0 aliphatic heterocycles. The van der Waals surface area contributed by atoms with Gasteiger partial charge in [0.15, 0.2) is 11.0 Å². The summed E-state index contributed by atoms with van der Waals surface area (Å²) >= 11 is 3.11. The van der Waals surface area contributed by atoms with Gasteiger partial charge in [-0.05, 0) is 53.0 Å². The largest absolute Gasteiger partial charge is 0.355 e. The number of aromatic nitrogens is 3. The number of hydrogen-bond donors (Lipinski definition) is 1. The first-order valence-electron chi connectivity index (χ1n) is 11.8. The van der Waals surface area contributed by atoms with Gasteiger partial charge in [0.2, 0.25) is 5.91 Å². The van der Waals surface area contributed by atoms with Crippen molar-refractivity contribution in [2.45, 2.75) is 36.9 Å². The Balaban J connectivity index is 1.13. The van der Waals surface area contributed by atoms with Crippen LogP contribution in [0.2, 0.25) is 0 Å². The Hall–Kier alpha value is -2.90. The molecule has 0 saturated carbocycles. The zero-order valence-electron chi connectivity index (χ0n) is 19.0. The van der Waals surface area contributed by atoms with Gasteiger partial charge in [-0.1, -0.05) is 66.4 Å². The predicted molar refractivity (Wildman–Crippen MR) is 137 cm³/mol. The van der Waals surface area contributed by atoms with Crippen molar-refractivity contribution in [3.63, 3.8) is 0 Å². The van der Waals surface area contributed by atoms with Crippen LogP contribution in [0, 0.1) is 5.92 Å². The first-order valence-corrected chi connectivity index (χ1v) is 13.6. The molecule has 1 N–H and O–H groups in total. The van der Waals surface area contributed by atoms with E-state index in [0.717, 1.165) is 28.8 Å². The number of nitrogens with one attached hydrogen (secondary N) is 1. The third-order valence-electron chi connectivity index (χ3n) is 7.09. The van der Waals surface area contributed by atoms with E-state index in [9.17, 15) is 4.79 Å². The second-order valence-corrected chi connectivity index (χ2v) is 10.8. The molecule has 5 nitrogen and oxygen atoms in total. The van der Waals surface area contributed by atoms with E-state index in [2.05, 4.69) is 81.6 Å². The molecule has 0 fully saturated rings. The molecule has 1 amide bonds. The summed E-state index contributed by atoms with van der Waals surface area (Å²) in [7, 11) is 0. The third-order valence-corrected chi connectivity index (χ3v) is 8.92. The van der Waals surface area contributed by atoms with Crippen molar-refractivity contribution in [1.29, 1.82) is 0 Å². The minimum Gasteiger partial charge on any atom is -0.355 e. The quantitative estimate of drug-likeness (QED) is 0.349. The lowest BCUT2D eigenvalue weighted by molar-refractivity contribution is -0.118. The van der Waals surface area contributed by atoms with E-state index in [1.165, 1.54) is 34.0 Å². The SMILES string of the molecule is CCn1c(SCC(=O)NCC2CC3c4ccccc4C2c2ccccc23)nnc1-c1cccs1. The Kier molecular flexibility index (Phi) is 5.75. The van der Waals surface area contributed by atoms with Crippen molar-refractivity contribution >= 4 is 29.0 Å². The molecule has 7 heteroatoms. The number of rotatable bonds is 7. The van der Waals surface area contributed by atoms with Crippen LogP contribution in [0.25, 0.3) is 10.7 Å². The summed E-state index contributed by atoms with van der Waals surface area (Å²) in [6.45, 7) is 3.55. The van der Waals surface area contributed by atoms with Crippen LogP contribution in [0.15, 0.2) is 71.2 Å². The highest BCUT2D eigenvalue weighted by Crippen LogP contribution is 2.55. The number of thioether (sulfide) groups is 1. The first kappa shape index (κ1) is 21.6. The minimum absolute atomic E-state index is 0.0522. The molecule has 0 saturated heterocycles. The molecule has 2 aromatic heterocycles. The van der Waals surface area contributed by atoms with Gasteiger partial charge in [0.25, 0.3) is 0 Å². The van der Waals surface area contributed by atoms with Crippen LogP contribution in [-0.4, -0.2) is 33.0 Å². The fourth-order valence-corrected chi connectivity index (χ4v) is 7.20. The standard InChI is InChI=1S/C27H26N4OS2/c1-2-31-26(23-12-7-13-33-23)29-30-27(31)34-16-24(32)28-15-17-14-22-18-8-3-5-10-20(18)25(17)21-11-6-4-9-19(21)22/h3-13,17,22,25H,2,14-16H2,1H3,(H,28,32). The molecular weight excluding hydrogens is 460 g/mol. The van der Waals surface area contributed by atoms with Gasteiger partial charge in [-0.3, -0.25) is 4.79 Å². The molecule has 3 aliphatic rings. The van der Waals surface area contributed by atoms with Gasteiger partial charge in [-0.25, -0.2) is 0 Å². The Morgan fingerprint density at radius 3 is 2.38 bits per heavy atom. The van der Waals surface area contributed by atoms with Crippen molar-refractivity contribution in [3.8, 4) is 10.7 Å². The number of carbonyl (C=O) groups excluding carboxylic acids is 1. The van der Waals surface area contributed by atoms with Crippen molar-refractivity contribution in [3.05, 3.63) is 88.3 Å². The summed E-state index contributed by atoms with van der Waals surface area (Å²) < 4.78 is 2.08. The number of benzene rings is 2. The van der Waals surface area contributed by atoms with E-state index in [1.807, 2.05) is 11.4 Å². The molecule has 3 aliphatic carbocycles. The van der Waals surface area contributed by atoms with Gasteiger partial charge in [0, 0.05) is 24.9 Å². The highest BCUT2D eigenvalue weighted by atomic mass is 32.2. The van der Waals surface area contributed by atoms with Gasteiger partial charge >= 0.3 is 0 Å². The van der Waals surface area contributed by atoms with Crippen molar-refractivity contribution in [1.82, 2.24) is 20.1 Å². The number of amides is 1. The Morgan fingerprint density at radius 1 is 1.03 bits per heavy atom.